The number of hydrogen-bond donors (Lipinski definition) is 2. The fraction of sp³-hybridized carbons (Fsp3) is 0.526. The quantitative estimate of drug-likeness (QED) is 0.896. The predicted molar refractivity (Wildman–Crippen MR) is 98.1 cm³/mol. The zero-order valence-electron chi connectivity index (χ0n) is 15.4. The molecule has 6 heteroatoms. The second kappa shape index (κ2) is 7.35. The van der Waals surface area contributed by atoms with E-state index >= 15 is 0 Å². The molecule has 2 N–H and O–H groups in total. The number of nitrogens with one attached hydrogen (secondary N) is 2. The molecule has 1 aromatic carbocycles. The molecule has 0 aliphatic carbocycles. The van der Waals surface area contributed by atoms with Crippen LogP contribution in [-0.4, -0.2) is 39.3 Å². The maximum atomic E-state index is 12.6. The summed E-state index contributed by atoms with van der Waals surface area (Å²) in [6.07, 6.45) is 1.87. The molecule has 3 rings (SSSR count). The maximum Gasteiger partial charge on any atom is 0.291 e. The van der Waals surface area contributed by atoms with Gasteiger partial charge in [0.05, 0.1) is 5.69 Å². The van der Waals surface area contributed by atoms with Gasteiger partial charge < -0.3 is 10.6 Å². The zero-order valence-corrected chi connectivity index (χ0v) is 15.4. The lowest BCUT2D eigenvalue weighted by atomic mass is 10.0. The molecule has 2 atom stereocenters. The van der Waals surface area contributed by atoms with E-state index in [0.29, 0.717) is 12.0 Å². The third-order valence-corrected chi connectivity index (χ3v) is 4.72. The van der Waals surface area contributed by atoms with Gasteiger partial charge in [-0.15, -0.1) is 5.10 Å². The van der Waals surface area contributed by atoms with Crippen molar-refractivity contribution in [2.45, 2.75) is 58.5 Å². The number of hydrogen-bond acceptors (Lipinski definition) is 4. The second-order valence-electron chi connectivity index (χ2n) is 7.16. The molecule has 1 aliphatic heterocycles. The number of carbonyl (C=O) groups is 1. The van der Waals surface area contributed by atoms with Gasteiger partial charge in [-0.2, -0.15) is 0 Å². The average Bonchev–Trinajstić information content (AvgIpc) is 2.96. The molecule has 25 heavy (non-hydrogen) atoms. The van der Waals surface area contributed by atoms with Gasteiger partial charge in [0.2, 0.25) is 5.82 Å². The number of carbonyl (C=O) groups excluding carboxylic acids is 1. The van der Waals surface area contributed by atoms with Crippen molar-refractivity contribution in [1.82, 2.24) is 25.4 Å². The Labute approximate surface area is 149 Å². The minimum atomic E-state index is -0.192. The van der Waals surface area contributed by atoms with E-state index < -0.39 is 0 Å². The summed E-state index contributed by atoms with van der Waals surface area (Å²) in [6, 6.07) is 8.73. The minimum absolute atomic E-state index is 0.180. The molecule has 0 saturated carbocycles. The average molecular weight is 341 g/mol. The van der Waals surface area contributed by atoms with Gasteiger partial charge in [-0.1, -0.05) is 32.0 Å². The third kappa shape index (κ3) is 3.90. The van der Waals surface area contributed by atoms with E-state index in [1.807, 2.05) is 25.1 Å². The van der Waals surface area contributed by atoms with E-state index in [9.17, 15) is 4.79 Å². The van der Waals surface area contributed by atoms with Gasteiger partial charge in [-0.25, -0.2) is 9.67 Å². The van der Waals surface area contributed by atoms with Crippen LogP contribution in [0.15, 0.2) is 24.3 Å². The summed E-state index contributed by atoms with van der Waals surface area (Å²) in [5, 5.41) is 11.0. The van der Waals surface area contributed by atoms with Gasteiger partial charge in [0.25, 0.3) is 5.91 Å². The standard InChI is InChI=1S/C19H27N5O/c1-12(2)16-7-5-6-8-17(16)24-14(4)21-18(23-24)19(25)22-15-9-10-20-13(3)11-15/h5-8,12-13,15,20H,9-11H2,1-4H3,(H,22,25). The van der Waals surface area contributed by atoms with Crippen molar-refractivity contribution in [2.24, 2.45) is 0 Å². The van der Waals surface area contributed by atoms with E-state index in [2.05, 4.69) is 47.6 Å². The fourth-order valence-electron chi connectivity index (χ4n) is 3.40. The number of nitrogens with zero attached hydrogens (tertiary/aromatic N) is 3. The zero-order chi connectivity index (χ0) is 18.0. The monoisotopic (exact) mass is 341 g/mol. The van der Waals surface area contributed by atoms with E-state index in [1.54, 1.807) is 4.68 Å². The smallest absolute Gasteiger partial charge is 0.291 e. The number of benzene rings is 1. The molecular weight excluding hydrogens is 314 g/mol. The number of piperidine rings is 1. The van der Waals surface area contributed by atoms with Crippen molar-refractivity contribution in [3.8, 4) is 5.69 Å². The molecule has 1 amide bonds. The van der Waals surface area contributed by atoms with Crippen LogP contribution in [0.5, 0.6) is 0 Å². The second-order valence-corrected chi connectivity index (χ2v) is 7.16. The molecule has 0 bridgehead atoms. The van der Waals surface area contributed by atoms with E-state index in [1.165, 1.54) is 5.56 Å². The highest BCUT2D eigenvalue weighted by atomic mass is 16.2. The van der Waals surface area contributed by atoms with Gasteiger partial charge >= 0.3 is 0 Å². The van der Waals surface area contributed by atoms with Crippen molar-refractivity contribution in [1.29, 1.82) is 0 Å². The Bertz CT molecular complexity index is 752. The lowest BCUT2D eigenvalue weighted by Crippen LogP contribution is -2.46. The summed E-state index contributed by atoms with van der Waals surface area (Å²) in [6.45, 7) is 9.24. The summed E-state index contributed by atoms with van der Waals surface area (Å²) in [5.74, 6) is 1.13. The van der Waals surface area contributed by atoms with Gasteiger partial charge in [0.15, 0.2) is 0 Å². The molecule has 0 spiro atoms. The Morgan fingerprint density at radius 1 is 1.36 bits per heavy atom. The Morgan fingerprint density at radius 2 is 2.12 bits per heavy atom. The van der Waals surface area contributed by atoms with Crippen LogP contribution < -0.4 is 10.6 Å². The molecule has 1 aliphatic rings. The predicted octanol–water partition coefficient (Wildman–Crippen LogP) is 2.57. The highest BCUT2D eigenvalue weighted by molar-refractivity contribution is 5.90. The van der Waals surface area contributed by atoms with Crippen molar-refractivity contribution in [2.75, 3.05) is 6.54 Å². The normalized spacial score (nSPS) is 20.7. The highest BCUT2D eigenvalue weighted by Crippen LogP contribution is 2.23. The molecule has 2 unspecified atom stereocenters. The largest absolute Gasteiger partial charge is 0.346 e. The van der Waals surface area contributed by atoms with Gasteiger partial charge in [-0.3, -0.25) is 4.79 Å². The van der Waals surface area contributed by atoms with Crippen molar-refractivity contribution in [3.63, 3.8) is 0 Å². The van der Waals surface area contributed by atoms with Crippen LogP contribution in [0.4, 0.5) is 0 Å². The van der Waals surface area contributed by atoms with Crippen LogP contribution in [0.2, 0.25) is 0 Å². The first-order valence-electron chi connectivity index (χ1n) is 9.03. The van der Waals surface area contributed by atoms with Crippen molar-refractivity contribution < 1.29 is 4.79 Å². The third-order valence-electron chi connectivity index (χ3n) is 4.72. The molecule has 134 valence electrons. The SMILES string of the molecule is Cc1nc(C(=O)NC2CCNC(C)C2)nn1-c1ccccc1C(C)C. The first-order valence-corrected chi connectivity index (χ1v) is 9.03. The number of para-hydroxylation sites is 1. The molecule has 1 saturated heterocycles. The van der Waals surface area contributed by atoms with E-state index in [-0.39, 0.29) is 17.8 Å². The molecule has 6 nitrogen and oxygen atoms in total. The van der Waals surface area contributed by atoms with E-state index in [4.69, 9.17) is 0 Å². The highest BCUT2D eigenvalue weighted by Gasteiger charge is 2.23. The first-order chi connectivity index (χ1) is 12.0. The summed E-state index contributed by atoms with van der Waals surface area (Å²) in [4.78, 5) is 17.0. The summed E-state index contributed by atoms with van der Waals surface area (Å²) < 4.78 is 1.77. The molecular formula is C19H27N5O. The van der Waals surface area contributed by atoms with Crippen LogP contribution in [0.25, 0.3) is 5.69 Å². The summed E-state index contributed by atoms with van der Waals surface area (Å²) >= 11 is 0. The van der Waals surface area contributed by atoms with Crippen LogP contribution in [-0.2, 0) is 0 Å². The molecule has 1 aromatic heterocycles. The van der Waals surface area contributed by atoms with Gasteiger partial charge in [0.1, 0.15) is 5.82 Å². The lowest BCUT2D eigenvalue weighted by molar-refractivity contribution is 0.0915. The Balaban J connectivity index is 1.82. The molecule has 1 fully saturated rings. The van der Waals surface area contributed by atoms with Gasteiger partial charge in [0, 0.05) is 12.1 Å². The maximum absolute atomic E-state index is 12.6. The van der Waals surface area contributed by atoms with Crippen molar-refractivity contribution >= 4 is 5.91 Å². The molecule has 2 aromatic rings. The Hall–Kier alpha value is -2.21. The Kier molecular flexibility index (Phi) is 5.18. The lowest BCUT2D eigenvalue weighted by Gasteiger charge is -2.28. The summed E-state index contributed by atoms with van der Waals surface area (Å²) in [5.41, 5.74) is 2.17. The van der Waals surface area contributed by atoms with Crippen LogP contribution in [0.1, 0.15) is 61.5 Å². The van der Waals surface area contributed by atoms with Crippen LogP contribution >= 0.6 is 0 Å². The first kappa shape index (κ1) is 17.6. The topological polar surface area (TPSA) is 71.8 Å². The van der Waals surface area contributed by atoms with Crippen LogP contribution in [0, 0.1) is 6.92 Å². The number of rotatable bonds is 4. The number of aryl methyl sites for hydroxylation is 1. The Morgan fingerprint density at radius 3 is 2.84 bits per heavy atom. The number of amides is 1. The van der Waals surface area contributed by atoms with E-state index in [0.717, 1.165) is 30.9 Å². The van der Waals surface area contributed by atoms with Gasteiger partial charge in [-0.05, 0) is 50.8 Å². The van der Waals surface area contributed by atoms with Crippen molar-refractivity contribution in [3.05, 3.63) is 41.5 Å². The fourth-order valence-corrected chi connectivity index (χ4v) is 3.40. The summed E-state index contributed by atoms with van der Waals surface area (Å²) in [7, 11) is 0. The van der Waals surface area contributed by atoms with Crippen LogP contribution in [0.3, 0.4) is 0 Å². The molecule has 2 heterocycles. The minimum Gasteiger partial charge on any atom is -0.346 e. The number of aromatic nitrogens is 3. The molecule has 0 radical (unpaired) electrons.